The Bertz CT molecular complexity index is 553. The molecule has 1 aromatic carbocycles. The molecular weight excluding hydrogens is 236 g/mol. The monoisotopic (exact) mass is 248 g/mol. The number of aromatic nitrogens is 2. The lowest BCUT2D eigenvalue weighted by molar-refractivity contribution is -0.384. The summed E-state index contributed by atoms with van der Waals surface area (Å²) >= 11 is 0. The normalized spacial score (nSPS) is 10.5. The van der Waals surface area contributed by atoms with Crippen molar-refractivity contribution in [3.05, 3.63) is 40.3 Å². The van der Waals surface area contributed by atoms with Crippen LogP contribution in [0.4, 0.5) is 5.69 Å². The summed E-state index contributed by atoms with van der Waals surface area (Å²) in [4.78, 5) is 10.4. The van der Waals surface area contributed by atoms with Gasteiger partial charge in [-0.15, -0.1) is 10.2 Å². The summed E-state index contributed by atoms with van der Waals surface area (Å²) in [5.41, 5.74) is 5.66. The molecule has 7 heteroatoms. The second-order valence-electron chi connectivity index (χ2n) is 3.67. The van der Waals surface area contributed by atoms with Gasteiger partial charge in [-0.05, 0) is 19.0 Å². The molecule has 94 valence electrons. The van der Waals surface area contributed by atoms with Crippen LogP contribution >= 0.6 is 0 Å². The number of rotatable bonds is 5. The first-order valence-corrected chi connectivity index (χ1v) is 5.48. The van der Waals surface area contributed by atoms with E-state index in [0.29, 0.717) is 24.4 Å². The first kappa shape index (κ1) is 12.2. The molecule has 0 radical (unpaired) electrons. The van der Waals surface area contributed by atoms with E-state index in [2.05, 4.69) is 10.2 Å². The minimum Gasteiger partial charge on any atom is -0.420 e. The molecule has 0 atom stereocenters. The Morgan fingerprint density at radius 3 is 2.83 bits per heavy atom. The van der Waals surface area contributed by atoms with Gasteiger partial charge in [0.25, 0.3) is 11.6 Å². The lowest BCUT2D eigenvalue weighted by atomic mass is 10.2. The standard InChI is InChI=1S/C11H12N4O3/c12-7-3-6-10-13-14-11(18-10)8-4-1-2-5-9(8)15(16)17/h1-2,4-5H,3,6-7,12H2. The Hall–Kier alpha value is -2.28. The van der Waals surface area contributed by atoms with Crippen molar-refractivity contribution in [3.63, 3.8) is 0 Å². The first-order valence-electron chi connectivity index (χ1n) is 5.48. The summed E-state index contributed by atoms with van der Waals surface area (Å²) in [6, 6.07) is 6.26. The zero-order valence-electron chi connectivity index (χ0n) is 9.57. The van der Waals surface area contributed by atoms with Gasteiger partial charge in [-0.3, -0.25) is 10.1 Å². The van der Waals surface area contributed by atoms with Crippen LogP contribution in [0.3, 0.4) is 0 Å². The number of para-hydroxylation sites is 1. The summed E-state index contributed by atoms with van der Waals surface area (Å²) in [6.45, 7) is 0.531. The number of benzene rings is 1. The molecule has 0 unspecified atom stereocenters. The van der Waals surface area contributed by atoms with Gasteiger partial charge in [0.15, 0.2) is 0 Å². The molecule has 2 rings (SSSR count). The molecule has 0 saturated carbocycles. The van der Waals surface area contributed by atoms with Crippen molar-refractivity contribution in [2.75, 3.05) is 6.54 Å². The number of nitrogens with zero attached hydrogens (tertiary/aromatic N) is 3. The van der Waals surface area contributed by atoms with E-state index in [1.807, 2.05) is 0 Å². The number of nitrogens with two attached hydrogens (primary N) is 1. The van der Waals surface area contributed by atoms with Crippen LogP contribution in [0.2, 0.25) is 0 Å². The average Bonchev–Trinajstić information content (AvgIpc) is 2.85. The van der Waals surface area contributed by atoms with Gasteiger partial charge in [0.2, 0.25) is 5.89 Å². The van der Waals surface area contributed by atoms with Gasteiger partial charge in [0.1, 0.15) is 5.56 Å². The maximum Gasteiger partial charge on any atom is 0.282 e. The topological polar surface area (TPSA) is 108 Å². The van der Waals surface area contributed by atoms with E-state index in [-0.39, 0.29) is 11.6 Å². The SMILES string of the molecule is NCCCc1nnc(-c2ccccc2[N+](=O)[O-])o1. The highest BCUT2D eigenvalue weighted by Crippen LogP contribution is 2.28. The average molecular weight is 248 g/mol. The van der Waals surface area contributed by atoms with Crippen LogP contribution in [0, 0.1) is 10.1 Å². The van der Waals surface area contributed by atoms with Crippen LogP contribution in [0.15, 0.2) is 28.7 Å². The third-order valence-electron chi connectivity index (χ3n) is 2.39. The van der Waals surface area contributed by atoms with E-state index in [1.54, 1.807) is 18.2 Å². The van der Waals surface area contributed by atoms with E-state index in [9.17, 15) is 10.1 Å². The minimum atomic E-state index is -0.473. The summed E-state index contributed by atoms with van der Waals surface area (Å²) in [5, 5.41) is 18.5. The smallest absolute Gasteiger partial charge is 0.282 e. The maximum absolute atomic E-state index is 10.9. The fourth-order valence-electron chi connectivity index (χ4n) is 1.53. The van der Waals surface area contributed by atoms with Crippen molar-refractivity contribution in [3.8, 4) is 11.5 Å². The minimum absolute atomic E-state index is 0.0495. The molecule has 0 bridgehead atoms. The van der Waals surface area contributed by atoms with Gasteiger partial charge in [-0.25, -0.2) is 0 Å². The lowest BCUT2D eigenvalue weighted by Gasteiger charge is -1.96. The third-order valence-corrected chi connectivity index (χ3v) is 2.39. The van der Waals surface area contributed by atoms with Crippen molar-refractivity contribution in [2.45, 2.75) is 12.8 Å². The molecule has 0 saturated heterocycles. The highest BCUT2D eigenvalue weighted by molar-refractivity contribution is 5.66. The summed E-state index contributed by atoms with van der Waals surface area (Å²) in [6.07, 6.45) is 1.31. The van der Waals surface area contributed by atoms with E-state index in [4.69, 9.17) is 10.2 Å². The zero-order valence-corrected chi connectivity index (χ0v) is 9.57. The molecule has 7 nitrogen and oxygen atoms in total. The molecule has 1 aromatic heterocycles. The molecule has 0 aliphatic carbocycles. The highest BCUT2D eigenvalue weighted by Gasteiger charge is 2.19. The van der Waals surface area contributed by atoms with Crippen molar-refractivity contribution in [1.82, 2.24) is 10.2 Å². The summed E-state index contributed by atoms with van der Waals surface area (Å²) in [7, 11) is 0. The Morgan fingerprint density at radius 1 is 1.33 bits per heavy atom. The molecular formula is C11H12N4O3. The van der Waals surface area contributed by atoms with Crippen LogP contribution in [-0.4, -0.2) is 21.7 Å². The Morgan fingerprint density at radius 2 is 2.11 bits per heavy atom. The van der Waals surface area contributed by atoms with Crippen molar-refractivity contribution < 1.29 is 9.34 Å². The fraction of sp³-hybridized carbons (Fsp3) is 0.273. The quantitative estimate of drug-likeness (QED) is 0.635. The number of nitro groups is 1. The zero-order chi connectivity index (χ0) is 13.0. The van der Waals surface area contributed by atoms with Crippen LogP contribution in [0.25, 0.3) is 11.5 Å². The second-order valence-corrected chi connectivity index (χ2v) is 3.67. The van der Waals surface area contributed by atoms with E-state index < -0.39 is 4.92 Å². The predicted molar refractivity (Wildman–Crippen MR) is 63.8 cm³/mol. The molecule has 0 amide bonds. The maximum atomic E-state index is 10.9. The Labute approximate surface area is 103 Å². The van der Waals surface area contributed by atoms with Crippen molar-refractivity contribution >= 4 is 5.69 Å². The molecule has 0 aliphatic rings. The van der Waals surface area contributed by atoms with Crippen LogP contribution in [0.5, 0.6) is 0 Å². The Kier molecular flexibility index (Phi) is 3.63. The molecule has 18 heavy (non-hydrogen) atoms. The number of nitro benzene ring substituents is 1. The van der Waals surface area contributed by atoms with Gasteiger partial charge in [-0.2, -0.15) is 0 Å². The predicted octanol–water partition coefficient (Wildman–Crippen LogP) is 1.54. The van der Waals surface area contributed by atoms with Crippen LogP contribution < -0.4 is 5.73 Å². The summed E-state index contributed by atoms with van der Waals surface area (Å²) in [5.74, 6) is 0.600. The van der Waals surface area contributed by atoms with Gasteiger partial charge in [0.05, 0.1) is 4.92 Å². The molecule has 0 spiro atoms. The number of hydrogen-bond acceptors (Lipinski definition) is 6. The van der Waals surface area contributed by atoms with Gasteiger partial charge < -0.3 is 10.2 Å². The van der Waals surface area contributed by atoms with Crippen LogP contribution in [-0.2, 0) is 6.42 Å². The first-order chi connectivity index (χ1) is 8.72. The third kappa shape index (κ3) is 2.51. The molecule has 0 fully saturated rings. The number of hydrogen-bond donors (Lipinski definition) is 1. The lowest BCUT2D eigenvalue weighted by Crippen LogP contribution is -2.00. The van der Waals surface area contributed by atoms with Crippen LogP contribution in [0.1, 0.15) is 12.3 Å². The molecule has 2 N–H and O–H groups in total. The summed E-state index contributed by atoms with van der Waals surface area (Å²) < 4.78 is 5.38. The fourth-order valence-corrected chi connectivity index (χ4v) is 1.53. The molecule has 2 aromatic rings. The second kappa shape index (κ2) is 5.37. The van der Waals surface area contributed by atoms with Gasteiger partial charge >= 0.3 is 0 Å². The van der Waals surface area contributed by atoms with E-state index in [0.717, 1.165) is 6.42 Å². The van der Waals surface area contributed by atoms with Gasteiger partial charge in [0, 0.05) is 12.5 Å². The van der Waals surface area contributed by atoms with Gasteiger partial charge in [-0.1, -0.05) is 12.1 Å². The van der Waals surface area contributed by atoms with E-state index in [1.165, 1.54) is 6.07 Å². The van der Waals surface area contributed by atoms with E-state index >= 15 is 0 Å². The molecule has 1 heterocycles. The van der Waals surface area contributed by atoms with Crippen molar-refractivity contribution in [1.29, 1.82) is 0 Å². The van der Waals surface area contributed by atoms with Crippen molar-refractivity contribution in [2.24, 2.45) is 5.73 Å². The number of aryl methyl sites for hydroxylation is 1. The highest BCUT2D eigenvalue weighted by atomic mass is 16.6. The Balaban J connectivity index is 2.31. The molecule has 0 aliphatic heterocycles. The largest absolute Gasteiger partial charge is 0.420 e.